The first kappa shape index (κ1) is 17.9. The van der Waals surface area contributed by atoms with Crippen molar-refractivity contribution >= 4 is 17.5 Å². The van der Waals surface area contributed by atoms with E-state index in [4.69, 9.17) is 25.8 Å². The molecule has 0 aliphatic carbocycles. The van der Waals surface area contributed by atoms with Crippen LogP contribution in [-0.4, -0.2) is 32.3 Å². The van der Waals surface area contributed by atoms with Gasteiger partial charge in [-0.15, -0.1) is 0 Å². The Hall–Kier alpha value is -2.40. The lowest BCUT2D eigenvalue weighted by molar-refractivity contribution is -0.127. The van der Waals surface area contributed by atoms with Gasteiger partial charge in [-0.2, -0.15) is 0 Å². The average Bonchev–Trinajstić information content (AvgIpc) is 2.59. The smallest absolute Gasteiger partial charge is 0.260 e. The van der Waals surface area contributed by atoms with E-state index < -0.39 is 6.10 Å². The lowest BCUT2D eigenvalue weighted by Gasteiger charge is -2.15. The third-order valence-electron chi connectivity index (χ3n) is 3.21. The van der Waals surface area contributed by atoms with Crippen molar-refractivity contribution in [3.8, 4) is 17.2 Å². The van der Waals surface area contributed by atoms with Gasteiger partial charge in [0.25, 0.3) is 5.91 Å². The van der Waals surface area contributed by atoms with Crippen LogP contribution in [0, 0.1) is 0 Å². The summed E-state index contributed by atoms with van der Waals surface area (Å²) in [7, 11) is 1.61. The van der Waals surface area contributed by atoms with E-state index in [0.29, 0.717) is 29.7 Å². The van der Waals surface area contributed by atoms with Gasteiger partial charge < -0.3 is 19.5 Å². The van der Waals surface area contributed by atoms with Crippen LogP contribution in [0.2, 0.25) is 5.02 Å². The van der Waals surface area contributed by atoms with Crippen molar-refractivity contribution in [2.75, 3.05) is 20.3 Å². The second-order valence-corrected chi connectivity index (χ2v) is 5.47. The first-order valence-corrected chi connectivity index (χ1v) is 7.93. The molecule has 5 nitrogen and oxygen atoms in total. The van der Waals surface area contributed by atoms with Gasteiger partial charge in [0.05, 0.1) is 13.7 Å². The Morgan fingerprint density at radius 3 is 2.50 bits per heavy atom. The Bertz CT molecular complexity index is 660. The number of amides is 1. The summed E-state index contributed by atoms with van der Waals surface area (Å²) in [6, 6.07) is 14.2. The maximum atomic E-state index is 12.0. The van der Waals surface area contributed by atoms with Gasteiger partial charge in [-0.3, -0.25) is 4.79 Å². The third kappa shape index (κ3) is 5.66. The molecule has 0 bridgehead atoms. The number of rotatable bonds is 8. The summed E-state index contributed by atoms with van der Waals surface area (Å²) in [5.74, 6) is 1.82. The fraction of sp³-hybridized carbons (Fsp3) is 0.278. The van der Waals surface area contributed by atoms with E-state index >= 15 is 0 Å². The highest BCUT2D eigenvalue weighted by Gasteiger charge is 2.14. The molecule has 1 atom stereocenters. The molecule has 0 heterocycles. The Morgan fingerprint density at radius 2 is 1.83 bits per heavy atom. The van der Waals surface area contributed by atoms with Gasteiger partial charge in [-0.1, -0.05) is 17.7 Å². The maximum Gasteiger partial charge on any atom is 0.260 e. The molecule has 2 aromatic rings. The van der Waals surface area contributed by atoms with E-state index in [2.05, 4.69) is 5.32 Å². The Kier molecular flexibility index (Phi) is 6.75. The molecule has 0 fully saturated rings. The molecule has 0 radical (unpaired) electrons. The van der Waals surface area contributed by atoms with Crippen molar-refractivity contribution in [2.45, 2.75) is 13.0 Å². The average molecular weight is 350 g/mol. The molecule has 1 N–H and O–H groups in total. The lowest BCUT2D eigenvalue weighted by atomic mass is 10.3. The molecule has 1 amide bonds. The zero-order valence-electron chi connectivity index (χ0n) is 13.6. The van der Waals surface area contributed by atoms with Gasteiger partial charge in [0.15, 0.2) is 6.10 Å². The van der Waals surface area contributed by atoms with Gasteiger partial charge >= 0.3 is 0 Å². The van der Waals surface area contributed by atoms with Crippen LogP contribution in [0.25, 0.3) is 0 Å². The zero-order chi connectivity index (χ0) is 17.4. The first-order chi connectivity index (χ1) is 11.6. The predicted molar refractivity (Wildman–Crippen MR) is 93.0 cm³/mol. The molecule has 0 aliphatic heterocycles. The monoisotopic (exact) mass is 349 g/mol. The summed E-state index contributed by atoms with van der Waals surface area (Å²) >= 11 is 5.88. The number of ether oxygens (including phenoxy) is 3. The molecule has 2 rings (SSSR count). The predicted octanol–water partition coefficient (Wildman–Crippen LogP) is 3.31. The summed E-state index contributed by atoms with van der Waals surface area (Å²) in [6.07, 6.45) is -0.621. The van der Waals surface area contributed by atoms with Crippen molar-refractivity contribution in [1.82, 2.24) is 5.32 Å². The SMILES string of the molecule is COc1ccc(OCCNC(=O)[C@@H](C)Oc2cccc(Cl)c2)cc1. The highest BCUT2D eigenvalue weighted by atomic mass is 35.5. The highest BCUT2D eigenvalue weighted by Crippen LogP contribution is 2.18. The Balaban J connectivity index is 1.70. The molecule has 6 heteroatoms. The van der Waals surface area contributed by atoms with Crippen molar-refractivity contribution < 1.29 is 19.0 Å². The van der Waals surface area contributed by atoms with Gasteiger partial charge in [0.1, 0.15) is 23.9 Å². The summed E-state index contributed by atoms with van der Waals surface area (Å²) in [5.41, 5.74) is 0. The highest BCUT2D eigenvalue weighted by molar-refractivity contribution is 6.30. The molecule has 2 aromatic carbocycles. The van der Waals surface area contributed by atoms with Gasteiger partial charge in [-0.25, -0.2) is 0 Å². The standard InChI is InChI=1S/C18H20ClNO4/c1-13(24-17-5-3-4-14(19)12-17)18(21)20-10-11-23-16-8-6-15(22-2)7-9-16/h3-9,12-13H,10-11H2,1-2H3,(H,20,21)/t13-/m1/s1. The zero-order valence-corrected chi connectivity index (χ0v) is 14.4. The van der Waals surface area contributed by atoms with E-state index in [9.17, 15) is 4.79 Å². The normalized spacial score (nSPS) is 11.5. The number of hydrogen-bond donors (Lipinski definition) is 1. The number of benzene rings is 2. The van der Waals surface area contributed by atoms with Crippen molar-refractivity contribution in [1.29, 1.82) is 0 Å². The van der Waals surface area contributed by atoms with Crippen molar-refractivity contribution in [3.05, 3.63) is 53.6 Å². The summed E-state index contributed by atoms with van der Waals surface area (Å²) < 4.78 is 16.2. The maximum absolute atomic E-state index is 12.0. The van der Waals surface area contributed by atoms with Crippen LogP contribution in [0.15, 0.2) is 48.5 Å². The number of hydrogen-bond acceptors (Lipinski definition) is 4. The molecule has 0 aliphatic rings. The van der Waals surface area contributed by atoms with Crippen LogP contribution < -0.4 is 19.5 Å². The number of nitrogens with one attached hydrogen (secondary N) is 1. The van der Waals surface area contributed by atoms with Crippen LogP contribution in [0.5, 0.6) is 17.2 Å². The molecule has 0 saturated carbocycles. The topological polar surface area (TPSA) is 56.8 Å². The lowest BCUT2D eigenvalue weighted by Crippen LogP contribution is -2.38. The fourth-order valence-corrected chi connectivity index (χ4v) is 2.14. The summed E-state index contributed by atoms with van der Waals surface area (Å²) in [5, 5.41) is 3.33. The second kappa shape index (κ2) is 9.03. The summed E-state index contributed by atoms with van der Waals surface area (Å²) in [6.45, 7) is 2.43. The van der Waals surface area contributed by atoms with Crippen molar-refractivity contribution in [2.24, 2.45) is 0 Å². The fourth-order valence-electron chi connectivity index (χ4n) is 1.96. The van der Waals surface area contributed by atoms with Crippen LogP contribution >= 0.6 is 11.6 Å². The van der Waals surface area contributed by atoms with Gasteiger partial charge in [-0.05, 0) is 49.4 Å². The van der Waals surface area contributed by atoms with E-state index in [1.165, 1.54) is 0 Å². The first-order valence-electron chi connectivity index (χ1n) is 7.55. The number of carbonyl (C=O) groups is 1. The molecule has 0 aromatic heterocycles. The molecule has 0 spiro atoms. The van der Waals surface area contributed by atoms with E-state index in [-0.39, 0.29) is 5.91 Å². The molecule has 0 saturated heterocycles. The Morgan fingerprint density at radius 1 is 1.12 bits per heavy atom. The minimum Gasteiger partial charge on any atom is -0.497 e. The van der Waals surface area contributed by atoms with Crippen LogP contribution in [0.3, 0.4) is 0 Å². The van der Waals surface area contributed by atoms with Crippen LogP contribution in [0.4, 0.5) is 0 Å². The van der Waals surface area contributed by atoms with Crippen molar-refractivity contribution in [3.63, 3.8) is 0 Å². The van der Waals surface area contributed by atoms with E-state index in [1.54, 1.807) is 38.3 Å². The van der Waals surface area contributed by atoms with Gasteiger partial charge in [0, 0.05) is 5.02 Å². The largest absolute Gasteiger partial charge is 0.497 e. The number of methoxy groups -OCH3 is 1. The van der Waals surface area contributed by atoms with Crippen LogP contribution in [-0.2, 0) is 4.79 Å². The van der Waals surface area contributed by atoms with E-state index in [0.717, 1.165) is 5.75 Å². The van der Waals surface area contributed by atoms with E-state index in [1.807, 2.05) is 24.3 Å². The number of halogens is 1. The molecule has 128 valence electrons. The molecular formula is C18H20ClNO4. The second-order valence-electron chi connectivity index (χ2n) is 5.03. The molecule has 0 unspecified atom stereocenters. The quantitative estimate of drug-likeness (QED) is 0.743. The number of carbonyl (C=O) groups excluding carboxylic acids is 1. The Labute approximate surface area is 146 Å². The minimum atomic E-state index is -0.621. The third-order valence-corrected chi connectivity index (χ3v) is 3.44. The summed E-state index contributed by atoms with van der Waals surface area (Å²) in [4.78, 5) is 12.0. The van der Waals surface area contributed by atoms with Crippen LogP contribution in [0.1, 0.15) is 6.92 Å². The van der Waals surface area contributed by atoms with Gasteiger partial charge in [0.2, 0.25) is 0 Å². The minimum absolute atomic E-state index is 0.215. The molecule has 24 heavy (non-hydrogen) atoms. The molecular weight excluding hydrogens is 330 g/mol.